The monoisotopic (exact) mass is 422 g/mol. The van der Waals surface area contributed by atoms with Gasteiger partial charge in [-0.2, -0.15) is 0 Å². The van der Waals surface area contributed by atoms with Crippen LogP contribution >= 0.6 is 11.3 Å². The van der Waals surface area contributed by atoms with Crippen LogP contribution in [0.3, 0.4) is 0 Å². The summed E-state index contributed by atoms with van der Waals surface area (Å²) < 4.78 is 4.90. The van der Waals surface area contributed by atoms with Gasteiger partial charge in [0.15, 0.2) is 0 Å². The first-order valence-corrected chi connectivity index (χ1v) is 10.6. The number of methoxy groups -OCH3 is 1. The van der Waals surface area contributed by atoms with Crippen molar-refractivity contribution in [2.75, 3.05) is 19.0 Å². The van der Waals surface area contributed by atoms with Crippen molar-refractivity contribution in [1.82, 2.24) is 4.90 Å². The van der Waals surface area contributed by atoms with Gasteiger partial charge in [-0.25, -0.2) is 4.79 Å². The van der Waals surface area contributed by atoms with E-state index in [0.717, 1.165) is 21.6 Å². The van der Waals surface area contributed by atoms with Crippen LogP contribution in [0.1, 0.15) is 31.9 Å². The van der Waals surface area contributed by atoms with Crippen LogP contribution in [0.5, 0.6) is 0 Å². The van der Waals surface area contributed by atoms with Crippen LogP contribution in [-0.4, -0.2) is 30.4 Å². The van der Waals surface area contributed by atoms with E-state index in [1.165, 1.54) is 18.4 Å². The maximum atomic E-state index is 12.9. The van der Waals surface area contributed by atoms with E-state index in [0.29, 0.717) is 23.7 Å². The van der Waals surface area contributed by atoms with E-state index in [9.17, 15) is 9.59 Å². The van der Waals surface area contributed by atoms with Gasteiger partial charge in [-0.15, -0.1) is 11.3 Å². The number of rotatable bonds is 8. The molecule has 2 aromatic carbocycles. The zero-order chi connectivity index (χ0) is 21.5. The molecule has 3 aromatic rings. The van der Waals surface area contributed by atoms with Crippen molar-refractivity contribution in [2.24, 2.45) is 0 Å². The number of anilines is 1. The molecule has 0 saturated heterocycles. The normalized spacial score (nSPS) is 10.8. The minimum atomic E-state index is -0.433. The third-order valence-corrected chi connectivity index (χ3v) is 6.02. The Hall–Kier alpha value is -2.96. The number of nitrogens with one attached hydrogen (secondary N) is 1. The Morgan fingerprint density at radius 3 is 1.97 bits per heavy atom. The molecule has 1 N–H and O–H groups in total. The molecule has 30 heavy (non-hydrogen) atoms. The lowest BCUT2D eigenvalue weighted by molar-refractivity contribution is -0.117. The second-order valence-electron chi connectivity index (χ2n) is 7.14. The van der Waals surface area contributed by atoms with Gasteiger partial charge in [0.05, 0.1) is 19.2 Å². The summed E-state index contributed by atoms with van der Waals surface area (Å²) in [4.78, 5) is 28.1. The van der Waals surface area contributed by atoms with E-state index in [1.54, 1.807) is 0 Å². The highest BCUT2D eigenvalue weighted by atomic mass is 32.1. The fraction of sp³-hybridized carbons (Fsp3) is 0.250. The summed E-state index contributed by atoms with van der Waals surface area (Å²) in [6, 6.07) is 20.2. The van der Waals surface area contributed by atoms with Crippen LogP contribution < -0.4 is 5.32 Å². The molecule has 0 spiro atoms. The lowest BCUT2D eigenvalue weighted by Gasteiger charge is -2.22. The second kappa shape index (κ2) is 10.2. The molecule has 0 atom stereocenters. The molecule has 0 aliphatic carbocycles. The number of esters is 1. The Kier molecular flexibility index (Phi) is 7.38. The van der Waals surface area contributed by atoms with Crippen molar-refractivity contribution in [1.29, 1.82) is 0 Å². The maximum Gasteiger partial charge on any atom is 0.341 e. The van der Waals surface area contributed by atoms with Gasteiger partial charge < -0.3 is 10.1 Å². The average molecular weight is 423 g/mol. The van der Waals surface area contributed by atoms with Crippen molar-refractivity contribution < 1.29 is 14.3 Å². The lowest BCUT2D eigenvalue weighted by Crippen LogP contribution is -2.32. The van der Waals surface area contributed by atoms with E-state index >= 15 is 0 Å². The molecule has 1 heterocycles. The van der Waals surface area contributed by atoms with Gasteiger partial charge in [-0.1, -0.05) is 60.7 Å². The van der Waals surface area contributed by atoms with E-state index in [4.69, 9.17) is 4.74 Å². The Labute approximate surface area is 181 Å². The minimum Gasteiger partial charge on any atom is -0.465 e. The number of ether oxygens (including phenoxy) is 1. The first kappa shape index (κ1) is 21.7. The predicted octanol–water partition coefficient (Wildman–Crippen LogP) is 4.79. The number of carbonyl (C=O) groups excluding carboxylic acids is 2. The van der Waals surface area contributed by atoms with Crippen molar-refractivity contribution >= 4 is 28.2 Å². The van der Waals surface area contributed by atoms with Gasteiger partial charge in [0, 0.05) is 18.0 Å². The molecular formula is C24H26N2O3S. The molecular weight excluding hydrogens is 396 g/mol. The smallest absolute Gasteiger partial charge is 0.341 e. The van der Waals surface area contributed by atoms with E-state index < -0.39 is 5.97 Å². The number of hydrogen-bond acceptors (Lipinski definition) is 5. The second-order valence-corrected chi connectivity index (χ2v) is 8.37. The number of hydrogen-bond donors (Lipinski definition) is 1. The molecule has 0 radical (unpaired) electrons. The Morgan fingerprint density at radius 2 is 1.47 bits per heavy atom. The summed E-state index contributed by atoms with van der Waals surface area (Å²) in [5.41, 5.74) is 3.55. The molecule has 0 bridgehead atoms. The number of thiophene rings is 1. The first-order valence-electron chi connectivity index (χ1n) is 9.76. The zero-order valence-corrected chi connectivity index (χ0v) is 18.3. The largest absolute Gasteiger partial charge is 0.465 e. The number of aryl methyl sites for hydroxylation is 1. The van der Waals surface area contributed by atoms with Crippen LogP contribution in [0, 0.1) is 13.8 Å². The topological polar surface area (TPSA) is 58.6 Å². The molecule has 0 aliphatic rings. The first-order chi connectivity index (χ1) is 14.5. The number of amides is 1. The van der Waals surface area contributed by atoms with Crippen molar-refractivity contribution in [3.63, 3.8) is 0 Å². The highest BCUT2D eigenvalue weighted by Crippen LogP contribution is 2.33. The number of benzene rings is 2. The Bertz CT molecular complexity index is 959. The van der Waals surface area contributed by atoms with Crippen LogP contribution in [-0.2, 0) is 22.6 Å². The molecule has 6 heteroatoms. The molecule has 1 amide bonds. The molecule has 3 rings (SSSR count). The molecule has 0 unspecified atom stereocenters. The van der Waals surface area contributed by atoms with E-state index in [-0.39, 0.29) is 12.5 Å². The summed E-state index contributed by atoms with van der Waals surface area (Å²) in [5, 5.41) is 3.47. The average Bonchev–Trinajstić information content (AvgIpc) is 3.01. The lowest BCUT2D eigenvalue weighted by atomic mass is 10.1. The summed E-state index contributed by atoms with van der Waals surface area (Å²) in [5.74, 6) is -0.592. The SMILES string of the molecule is COC(=O)c1c(NC(=O)CN(Cc2ccccc2)Cc2ccccc2)sc(C)c1C. The van der Waals surface area contributed by atoms with E-state index in [2.05, 4.69) is 34.5 Å². The molecule has 5 nitrogen and oxygen atoms in total. The minimum absolute atomic E-state index is 0.159. The van der Waals surface area contributed by atoms with Gasteiger partial charge in [0.25, 0.3) is 0 Å². The van der Waals surface area contributed by atoms with Crippen LogP contribution in [0.2, 0.25) is 0 Å². The van der Waals surface area contributed by atoms with Gasteiger partial charge in [-0.3, -0.25) is 9.69 Å². The Balaban J connectivity index is 1.76. The van der Waals surface area contributed by atoms with Crippen LogP contribution in [0.4, 0.5) is 5.00 Å². The summed E-state index contributed by atoms with van der Waals surface area (Å²) in [6.45, 7) is 5.30. The van der Waals surface area contributed by atoms with Crippen molar-refractivity contribution in [2.45, 2.75) is 26.9 Å². The third kappa shape index (κ3) is 5.55. The van der Waals surface area contributed by atoms with Gasteiger partial charge in [0.2, 0.25) is 5.91 Å². The molecule has 0 saturated carbocycles. The van der Waals surface area contributed by atoms with Crippen LogP contribution in [0.25, 0.3) is 0 Å². The van der Waals surface area contributed by atoms with Gasteiger partial charge >= 0.3 is 5.97 Å². The molecule has 156 valence electrons. The molecule has 1 aromatic heterocycles. The van der Waals surface area contributed by atoms with Crippen molar-refractivity contribution in [3.8, 4) is 0 Å². The fourth-order valence-electron chi connectivity index (χ4n) is 3.28. The Morgan fingerprint density at radius 1 is 0.933 bits per heavy atom. The highest BCUT2D eigenvalue weighted by molar-refractivity contribution is 7.16. The fourth-order valence-corrected chi connectivity index (χ4v) is 4.35. The summed E-state index contributed by atoms with van der Waals surface area (Å²) >= 11 is 1.40. The third-order valence-electron chi connectivity index (χ3n) is 4.89. The maximum absolute atomic E-state index is 12.9. The highest BCUT2D eigenvalue weighted by Gasteiger charge is 2.22. The predicted molar refractivity (Wildman–Crippen MR) is 121 cm³/mol. The van der Waals surface area contributed by atoms with Gasteiger partial charge in [0.1, 0.15) is 5.00 Å². The van der Waals surface area contributed by atoms with Crippen LogP contribution in [0.15, 0.2) is 60.7 Å². The standard InChI is InChI=1S/C24H26N2O3S/c1-17-18(2)30-23(22(17)24(28)29-3)25-21(27)16-26(14-19-10-6-4-7-11-19)15-20-12-8-5-9-13-20/h4-13H,14-16H2,1-3H3,(H,25,27). The molecule has 0 fully saturated rings. The quantitative estimate of drug-likeness (QED) is 0.530. The number of nitrogens with zero attached hydrogens (tertiary/aromatic N) is 1. The number of carbonyl (C=O) groups is 2. The summed E-state index contributed by atoms with van der Waals surface area (Å²) in [6.07, 6.45) is 0. The van der Waals surface area contributed by atoms with E-state index in [1.807, 2.05) is 50.2 Å². The van der Waals surface area contributed by atoms with Gasteiger partial charge in [-0.05, 0) is 30.5 Å². The zero-order valence-electron chi connectivity index (χ0n) is 17.5. The molecule has 0 aliphatic heterocycles. The summed E-state index contributed by atoms with van der Waals surface area (Å²) in [7, 11) is 1.35. The van der Waals surface area contributed by atoms with Crippen molar-refractivity contribution in [3.05, 3.63) is 87.8 Å².